The number of ether oxygens (including phenoxy) is 1. The van der Waals surface area contributed by atoms with Crippen LogP contribution in [0.2, 0.25) is 0 Å². The largest absolute Gasteiger partial charge is 0.466 e. The molecule has 4 nitrogen and oxygen atoms in total. The second kappa shape index (κ2) is 8.82. The van der Waals surface area contributed by atoms with E-state index in [4.69, 9.17) is 9.72 Å². The van der Waals surface area contributed by atoms with Crippen molar-refractivity contribution in [1.29, 1.82) is 0 Å². The van der Waals surface area contributed by atoms with Crippen LogP contribution < -0.4 is 9.64 Å². The van der Waals surface area contributed by atoms with Gasteiger partial charge < -0.3 is 9.64 Å². The number of hydrogen-bond donors (Lipinski definition) is 0. The Morgan fingerprint density at radius 1 is 1.00 bits per heavy atom. The molecule has 0 spiro atoms. The Labute approximate surface area is 208 Å². The molecule has 1 amide bonds. The van der Waals surface area contributed by atoms with Crippen molar-refractivity contribution in [3.63, 3.8) is 0 Å². The normalized spacial score (nSPS) is 19.1. The van der Waals surface area contributed by atoms with Crippen molar-refractivity contribution >= 4 is 11.6 Å². The number of fused-ring (bicyclic) bond motifs is 1. The lowest BCUT2D eigenvalue weighted by Gasteiger charge is -2.44. The number of amides is 1. The molecule has 1 aliphatic heterocycles. The van der Waals surface area contributed by atoms with E-state index >= 15 is 0 Å². The van der Waals surface area contributed by atoms with Gasteiger partial charge in [0.15, 0.2) is 6.61 Å². The van der Waals surface area contributed by atoms with Gasteiger partial charge in [-0.1, -0.05) is 74.9 Å². The van der Waals surface area contributed by atoms with Gasteiger partial charge in [0.2, 0.25) is 5.88 Å². The van der Waals surface area contributed by atoms with Crippen LogP contribution in [-0.2, 0) is 10.2 Å². The Bertz CT molecular complexity index is 1220. The molecule has 0 N–H and O–H groups in total. The topological polar surface area (TPSA) is 42.4 Å². The molecule has 1 aromatic heterocycles. The van der Waals surface area contributed by atoms with Crippen molar-refractivity contribution in [3.8, 4) is 28.3 Å². The summed E-state index contributed by atoms with van der Waals surface area (Å²) < 4.78 is 5.88. The first-order chi connectivity index (χ1) is 17.0. The lowest BCUT2D eigenvalue weighted by Crippen LogP contribution is -2.49. The predicted molar refractivity (Wildman–Crippen MR) is 141 cm³/mol. The monoisotopic (exact) mass is 466 g/mol. The van der Waals surface area contributed by atoms with Gasteiger partial charge in [-0.15, -0.1) is 0 Å². The van der Waals surface area contributed by atoms with E-state index in [2.05, 4.69) is 68.4 Å². The number of carbonyl (C=O) groups is 1. The van der Waals surface area contributed by atoms with E-state index in [0.29, 0.717) is 17.2 Å². The lowest BCUT2D eigenvalue weighted by atomic mass is 9.61. The standard InChI is InChI=1S/C31H34N2O2/c1-21(2)19-31(16-7-17-31)24-14-12-23(13-15-24)29-26(22-8-4-3-5-9-22)18-27-30(32-29)35-20-28(34)33(27)25-10-6-11-25/h3-5,8-9,12-15,18,21,25H,6-7,10-11,16-17,19-20H2,1-2H3. The summed E-state index contributed by atoms with van der Waals surface area (Å²) in [6.07, 6.45) is 8.42. The summed E-state index contributed by atoms with van der Waals surface area (Å²) in [4.78, 5) is 19.8. The summed E-state index contributed by atoms with van der Waals surface area (Å²) in [7, 11) is 0. The summed E-state index contributed by atoms with van der Waals surface area (Å²) in [6, 6.07) is 21.9. The van der Waals surface area contributed by atoms with E-state index in [1.165, 1.54) is 37.7 Å². The van der Waals surface area contributed by atoms with Gasteiger partial charge in [-0.3, -0.25) is 4.79 Å². The molecule has 2 heterocycles. The van der Waals surface area contributed by atoms with Gasteiger partial charge in [-0.25, -0.2) is 4.98 Å². The fraction of sp³-hybridized carbons (Fsp3) is 0.419. The van der Waals surface area contributed by atoms with Crippen LogP contribution in [0.5, 0.6) is 5.88 Å². The fourth-order valence-electron chi connectivity index (χ4n) is 6.18. The van der Waals surface area contributed by atoms with Crippen LogP contribution in [0, 0.1) is 5.92 Å². The zero-order chi connectivity index (χ0) is 24.0. The molecule has 2 fully saturated rings. The van der Waals surface area contributed by atoms with E-state index in [0.717, 1.165) is 40.9 Å². The molecule has 6 rings (SSSR count). The third kappa shape index (κ3) is 3.93. The number of pyridine rings is 1. The molecule has 180 valence electrons. The number of rotatable bonds is 6. The van der Waals surface area contributed by atoms with Crippen molar-refractivity contribution < 1.29 is 9.53 Å². The molecule has 2 aliphatic carbocycles. The van der Waals surface area contributed by atoms with Crippen LogP contribution in [0.1, 0.15) is 64.4 Å². The van der Waals surface area contributed by atoms with Crippen molar-refractivity contribution in [2.75, 3.05) is 11.5 Å². The molecule has 0 atom stereocenters. The van der Waals surface area contributed by atoms with Crippen LogP contribution in [0.3, 0.4) is 0 Å². The van der Waals surface area contributed by atoms with Crippen molar-refractivity contribution in [3.05, 3.63) is 66.2 Å². The Morgan fingerprint density at radius 3 is 2.34 bits per heavy atom. The van der Waals surface area contributed by atoms with Crippen LogP contribution >= 0.6 is 0 Å². The Kier molecular flexibility index (Phi) is 5.63. The summed E-state index contributed by atoms with van der Waals surface area (Å²) in [5.74, 6) is 1.31. The molecule has 0 saturated heterocycles. The molecule has 4 heteroatoms. The second-order valence-electron chi connectivity index (χ2n) is 11.0. The molecule has 0 bridgehead atoms. The van der Waals surface area contributed by atoms with Gasteiger partial charge in [0.05, 0.1) is 5.69 Å². The van der Waals surface area contributed by atoms with Crippen LogP contribution in [0.4, 0.5) is 5.69 Å². The Balaban J connectivity index is 1.44. The molecule has 3 aromatic rings. The molecular weight excluding hydrogens is 432 g/mol. The molecule has 2 aromatic carbocycles. The van der Waals surface area contributed by atoms with Gasteiger partial charge in [0.25, 0.3) is 5.91 Å². The van der Waals surface area contributed by atoms with Crippen molar-refractivity contribution in [2.45, 2.75) is 70.3 Å². The Hall–Kier alpha value is -3.14. The first-order valence-electron chi connectivity index (χ1n) is 13.2. The maximum absolute atomic E-state index is 12.8. The number of benzene rings is 2. The fourth-order valence-corrected chi connectivity index (χ4v) is 6.18. The summed E-state index contributed by atoms with van der Waals surface area (Å²) in [5, 5.41) is 0. The van der Waals surface area contributed by atoms with E-state index in [1.54, 1.807) is 0 Å². The average Bonchev–Trinajstić information content (AvgIpc) is 2.82. The third-order valence-electron chi connectivity index (χ3n) is 8.23. The van der Waals surface area contributed by atoms with Crippen LogP contribution in [-0.4, -0.2) is 23.5 Å². The minimum atomic E-state index is 0.0380. The average molecular weight is 467 g/mol. The third-order valence-corrected chi connectivity index (χ3v) is 8.23. The molecular formula is C31H34N2O2. The van der Waals surface area contributed by atoms with Gasteiger partial charge in [0.1, 0.15) is 5.69 Å². The van der Waals surface area contributed by atoms with E-state index in [1.807, 2.05) is 11.0 Å². The van der Waals surface area contributed by atoms with Crippen LogP contribution in [0.25, 0.3) is 22.4 Å². The first kappa shape index (κ1) is 22.3. The highest BCUT2D eigenvalue weighted by atomic mass is 16.5. The molecule has 2 saturated carbocycles. The number of nitrogens with zero attached hydrogens (tertiary/aromatic N) is 2. The maximum atomic E-state index is 12.8. The molecule has 0 unspecified atom stereocenters. The highest BCUT2D eigenvalue weighted by Crippen LogP contribution is 2.49. The molecule has 3 aliphatic rings. The molecule has 35 heavy (non-hydrogen) atoms. The van der Waals surface area contributed by atoms with Crippen molar-refractivity contribution in [2.24, 2.45) is 5.92 Å². The summed E-state index contributed by atoms with van der Waals surface area (Å²) >= 11 is 0. The quantitative estimate of drug-likeness (QED) is 0.387. The van der Waals surface area contributed by atoms with Gasteiger partial charge in [-0.2, -0.15) is 0 Å². The zero-order valence-corrected chi connectivity index (χ0v) is 20.8. The second-order valence-corrected chi connectivity index (χ2v) is 11.0. The number of anilines is 1. The van der Waals surface area contributed by atoms with Crippen LogP contribution in [0.15, 0.2) is 60.7 Å². The van der Waals surface area contributed by atoms with E-state index < -0.39 is 0 Å². The minimum Gasteiger partial charge on any atom is -0.466 e. The maximum Gasteiger partial charge on any atom is 0.265 e. The Morgan fingerprint density at radius 2 is 1.74 bits per heavy atom. The number of hydrogen-bond acceptors (Lipinski definition) is 3. The minimum absolute atomic E-state index is 0.0380. The highest BCUT2D eigenvalue weighted by molar-refractivity contribution is 6.00. The van der Waals surface area contributed by atoms with E-state index in [9.17, 15) is 4.79 Å². The number of carbonyl (C=O) groups excluding carboxylic acids is 1. The first-order valence-corrected chi connectivity index (χ1v) is 13.2. The van der Waals surface area contributed by atoms with Gasteiger partial charge in [0, 0.05) is 17.2 Å². The summed E-state index contributed by atoms with van der Waals surface area (Å²) in [6.45, 7) is 4.72. The highest BCUT2D eigenvalue weighted by Gasteiger charge is 2.39. The van der Waals surface area contributed by atoms with E-state index in [-0.39, 0.29) is 18.6 Å². The lowest BCUT2D eigenvalue weighted by molar-refractivity contribution is -0.122. The number of aromatic nitrogens is 1. The van der Waals surface area contributed by atoms with Gasteiger partial charge in [-0.05, 0) is 67.1 Å². The SMILES string of the molecule is CC(C)CC1(c2ccc(-c3nc4c(cc3-c3ccccc3)N(C3CCC3)C(=O)CO4)cc2)CCC1. The zero-order valence-electron chi connectivity index (χ0n) is 20.8. The smallest absolute Gasteiger partial charge is 0.265 e. The summed E-state index contributed by atoms with van der Waals surface area (Å²) in [5.41, 5.74) is 6.75. The van der Waals surface area contributed by atoms with Gasteiger partial charge >= 0.3 is 0 Å². The van der Waals surface area contributed by atoms with Crippen molar-refractivity contribution in [1.82, 2.24) is 4.98 Å². The molecule has 0 radical (unpaired) electrons. The predicted octanol–water partition coefficient (Wildman–Crippen LogP) is 7.16.